The van der Waals surface area contributed by atoms with Gasteiger partial charge in [-0.05, 0) is 55.1 Å². The van der Waals surface area contributed by atoms with Crippen molar-refractivity contribution in [1.82, 2.24) is 0 Å². The molecule has 0 radical (unpaired) electrons. The summed E-state index contributed by atoms with van der Waals surface area (Å²) in [5.41, 5.74) is 2.17. The highest BCUT2D eigenvalue weighted by Crippen LogP contribution is 2.46. The predicted molar refractivity (Wildman–Crippen MR) is 91.1 cm³/mol. The fraction of sp³-hybridized carbons (Fsp3) is 0.650. The van der Waals surface area contributed by atoms with Crippen molar-refractivity contribution in [2.45, 2.75) is 65.7 Å². The van der Waals surface area contributed by atoms with Crippen LogP contribution in [0.15, 0.2) is 24.3 Å². The number of aliphatic carboxylic acids is 1. The van der Waals surface area contributed by atoms with E-state index in [2.05, 4.69) is 45.0 Å². The van der Waals surface area contributed by atoms with Crippen molar-refractivity contribution >= 4 is 5.97 Å². The number of carbonyl (C=O) groups is 1. The highest BCUT2D eigenvalue weighted by Gasteiger charge is 2.45. The van der Waals surface area contributed by atoms with Crippen molar-refractivity contribution in [1.29, 1.82) is 0 Å². The van der Waals surface area contributed by atoms with Gasteiger partial charge in [0.15, 0.2) is 0 Å². The zero-order valence-electron chi connectivity index (χ0n) is 14.4. The monoisotopic (exact) mass is 302 g/mol. The molecule has 3 unspecified atom stereocenters. The summed E-state index contributed by atoms with van der Waals surface area (Å²) in [6.45, 7) is 8.61. The first-order chi connectivity index (χ1) is 10.3. The maximum atomic E-state index is 11.8. The van der Waals surface area contributed by atoms with Gasteiger partial charge >= 0.3 is 5.97 Å². The average Bonchev–Trinajstić information content (AvgIpc) is 2.47. The smallest absolute Gasteiger partial charge is 0.309 e. The lowest BCUT2D eigenvalue weighted by Crippen LogP contribution is -2.42. The molecule has 0 saturated heterocycles. The van der Waals surface area contributed by atoms with Crippen LogP contribution in [0.3, 0.4) is 0 Å². The molecule has 0 spiro atoms. The predicted octanol–water partition coefficient (Wildman–Crippen LogP) is 5.27. The van der Waals surface area contributed by atoms with Crippen molar-refractivity contribution in [3.05, 3.63) is 35.4 Å². The van der Waals surface area contributed by atoms with Crippen LogP contribution < -0.4 is 0 Å². The number of benzene rings is 1. The minimum absolute atomic E-state index is 0.279. The van der Waals surface area contributed by atoms with Crippen molar-refractivity contribution in [2.24, 2.45) is 17.3 Å². The second-order valence-electron chi connectivity index (χ2n) is 7.64. The first-order valence-corrected chi connectivity index (χ1v) is 8.67. The van der Waals surface area contributed by atoms with Crippen LogP contribution >= 0.6 is 0 Å². The Morgan fingerprint density at radius 2 is 2.14 bits per heavy atom. The molecule has 2 rings (SSSR count). The Morgan fingerprint density at radius 3 is 2.77 bits per heavy atom. The molecule has 122 valence electrons. The van der Waals surface area contributed by atoms with Crippen LogP contribution in [0.5, 0.6) is 0 Å². The van der Waals surface area contributed by atoms with Crippen LogP contribution in [0, 0.1) is 17.3 Å². The zero-order valence-corrected chi connectivity index (χ0v) is 14.4. The van der Waals surface area contributed by atoms with Gasteiger partial charge in [0.2, 0.25) is 0 Å². The van der Waals surface area contributed by atoms with Crippen LogP contribution in [0.4, 0.5) is 0 Å². The van der Waals surface area contributed by atoms with Crippen LogP contribution in [0.25, 0.3) is 0 Å². The summed E-state index contributed by atoms with van der Waals surface area (Å²) in [6, 6.07) is 8.78. The molecule has 1 saturated carbocycles. The van der Waals surface area contributed by atoms with Gasteiger partial charge in [-0.2, -0.15) is 0 Å². The lowest BCUT2D eigenvalue weighted by atomic mass is 9.61. The molecule has 3 atom stereocenters. The number of carboxylic acids is 1. The van der Waals surface area contributed by atoms with Gasteiger partial charge < -0.3 is 5.11 Å². The van der Waals surface area contributed by atoms with Gasteiger partial charge in [-0.3, -0.25) is 4.79 Å². The van der Waals surface area contributed by atoms with E-state index in [-0.39, 0.29) is 5.92 Å². The lowest BCUT2D eigenvalue weighted by Gasteiger charge is -2.42. The number of aryl methyl sites for hydroxylation is 1. The summed E-state index contributed by atoms with van der Waals surface area (Å²) in [4.78, 5) is 11.8. The molecule has 2 heteroatoms. The SMILES string of the molecule is CC(C)c1cccc(CCC2C(C)CCCC2(C)C(=O)O)c1. The third kappa shape index (κ3) is 3.53. The Morgan fingerprint density at radius 1 is 1.41 bits per heavy atom. The van der Waals surface area contributed by atoms with Crippen LogP contribution in [-0.4, -0.2) is 11.1 Å². The fourth-order valence-corrected chi connectivity index (χ4v) is 4.10. The Hall–Kier alpha value is -1.31. The van der Waals surface area contributed by atoms with Crippen molar-refractivity contribution < 1.29 is 9.90 Å². The molecule has 1 aromatic rings. The normalized spacial score (nSPS) is 28.8. The molecule has 0 heterocycles. The lowest BCUT2D eigenvalue weighted by molar-refractivity contribution is -0.155. The minimum atomic E-state index is -0.611. The van der Waals surface area contributed by atoms with E-state index in [1.54, 1.807) is 0 Å². The first kappa shape index (κ1) is 17.1. The summed E-state index contributed by atoms with van der Waals surface area (Å²) < 4.78 is 0. The molecule has 22 heavy (non-hydrogen) atoms. The van der Waals surface area contributed by atoms with E-state index in [0.29, 0.717) is 11.8 Å². The van der Waals surface area contributed by atoms with Gasteiger partial charge in [0.05, 0.1) is 5.41 Å². The third-order valence-corrected chi connectivity index (χ3v) is 5.71. The summed E-state index contributed by atoms with van der Waals surface area (Å²) in [5, 5.41) is 9.70. The van der Waals surface area contributed by atoms with Crippen molar-refractivity contribution in [3.8, 4) is 0 Å². The van der Waals surface area contributed by atoms with Gasteiger partial charge in [0.1, 0.15) is 0 Å². The molecular weight excluding hydrogens is 272 g/mol. The van der Waals surface area contributed by atoms with E-state index < -0.39 is 11.4 Å². The quantitative estimate of drug-likeness (QED) is 0.804. The first-order valence-electron chi connectivity index (χ1n) is 8.67. The highest BCUT2D eigenvalue weighted by atomic mass is 16.4. The average molecular weight is 302 g/mol. The van der Waals surface area contributed by atoms with E-state index >= 15 is 0 Å². The molecular formula is C20H30O2. The third-order valence-electron chi connectivity index (χ3n) is 5.71. The van der Waals surface area contributed by atoms with E-state index in [9.17, 15) is 9.90 Å². The molecule has 0 amide bonds. The van der Waals surface area contributed by atoms with Gasteiger partial charge in [0.25, 0.3) is 0 Å². The zero-order chi connectivity index (χ0) is 16.3. The molecule has 0 aliphatic heterocycles. The molecule has 1 fully saturated rings. The molecule has 1 aliphatic carbocycles. The highest BCUT2D eigenvalue weighted by molar-refractivity contribution is 5.74. The second-order valence-corrected chi connectivity index (χ2v) is 7.64. The van der Waals surface area contributed by atoms with Gasteiger partial charge in [-0.1, -0.05) is 57.9 Å². The summed E-state index contributed by atoms with van der Waals surface area (Å²) in [7, 11) is 0. The molecule has 0 bridgehead atoms. The van der Waals surface area contributed by atoms with E-state index in [0.717, 1.165) is 25.7 Å². The molecule has 0 aromatic heterocycles. The van der Waals surface area contributed by atoms with Crippen LogP contribution in [0.2, 0.25) is 0 Å². The van der Waals surface area contributed by atoms with Gasteiger partial charge in [-0.15, -0.1) is 0 Å². The molecule has 1 N–H and O–H groups in total. The summed E-state index contributed by atoms with van der Waals surface area (Å²) in [5.74, 6) is 0.711. The maximum absolute atomic E-state index is 11.8. The Labute approximate surface area is 134 Å². The second kappa shape index (κ2) is 6.85. The summed E-state index contributed by atoms with van der Waals surface area (Å²) in [6.07, 6.45) is 5.00. The Bertz CT molecular complexity index is 520. The Kier molecular flexibility index (Phi) is 5.31. The number of hydrogen-bond acceptors (Lipinski definition) is 1. The van der Waals surface area contributed by atoms with E-state index in [4.69, 9.17) is 0 Å². The minimum Gasteiger partial charge on any atom is -0.481 e. The topological polar surface area (TPSA) is 37.3 Å². The fourth-order valence-electron chi connectivity index (χ4n) is 4.10. The molecule has 1 aliphatic rings. The summed E-state index contributed by atoms with van der Waals surface area (Å²) >= 11 is 0. The van der Waals surface area contributed by atoms with Gasteiger partial charge in [0, 0.05) is 0 Å². The molecule has 1 aromatic carbocycles. The van der Waals surface area contributed by atoms with Crippen LogP contribution in [0.1, 0.15) is 70.4 Å². The largest absolute Gasteiger partial charge is 0.481 e. The number of carboxylic acid groups (broad SMARTS) is 1. The standard InChI is InChI=1S/C20H30O2/c1-14(2)17-9-5-8-16(13-17)10-11-18-15(3)7-6-12-20(18,4)19(21)22/h5,8-9,13-15,18H,6-7,10-12H2,1-4H3,(H,21,22). The van der Waals surface area contributed by atoms with Crippen molar-refractivity contribution in [2.75, 3.05) is 0 Å². The number of rotatable bonds is 5. The number of hydrogen-bond donors (Lipinski definition) is 1. The van der Waals surface area contributed by atoms with E-state index in [1.165, 1.54) is 17.5 Å². The van der Waals surface area contributed by atoms with Crippen LogP contribution in [-0.2, 0) is 11.2 Å². The van der Waals surface area contributed by atoms with E-state index in [1.807, 2.05) is 6.92 Å². The maximum Gasteiger partial charge on any atom is 0.309 e. The van der Waals surface area contributed by atoms with Gasteiger partial charge in [-0.25, -0.2) is 0 Å². The van der Waals surface area contributed by atoms with Crippen molar-refractivity contribution in [3.63, 3.8) is 0 Å². The Balaban J connectivity index is 2.11. The molecule has 2 nitrogen and oxygen atoms in total.